The number of anilines is 1. The Morgan fingerprint density at radius 3 is 2.88 bits per heavy atom. The number of methoxy groups -OCH3 is 1. The van der Waals surface area contributed by atoms with E-state index in [0.29, 0.717) is 6.04 Å². The van der Waals surface area contributed by atoms with Crippen LogP contribution in [0.2, 0.25) is 0 Å². The molecular weight excluding hydrogens is 300 g/mol. The molecule has 1 aromatic carbocycles. The summed E-state index contributed by atoms with van der Waals surface area (Å²) < 4.78 is 5.48. The summed E-state index contributed by atoms with van der Waals surface area (Å²) >= 11 is 0. The summed E-state index contributed by atoms with van der Waals surface area (Å²) in [6.07, 6.45) is 3.52. The van der Waals surface area contributed by atoms with Crippen molar-refractivity contribution < 1.29 is 4.74 Å². The molecule has 0 saturated carbocycles. The molecular formula is C19H32N4O. The number of guanidine groups is 1. The molecule has 1 aliphatic heterocycles. The number of nitrogens with one attached hydrogen (secondary N) is 2. The van der Waals surface area contributed by atoms with Crippen molar-refractivity contribution in [3.8, 4) is 5.75 Å². The number of aliphatic imine (C=N–C) groups is 1. The van der Waals surface area contributed by atoms with Crippen molar-refractivity contribution in [2.24, 2.45) is 10.9 Å². The van der Waals surface area contributed by atoms with E-state index in [4.69, 9.17) is 4.74 Å². The lowest BCUT2D eigenvalue weighted by atomic mass is 10.1. The Morgan fingerprint density at radius 2 is 2.17 bits per heavy atom. The molecule has 0 bridgehead atoms. The van der Waals surface area contributed by atoms with Crippen molar-refractivity contribution in [3.05, 3.63) is 24.3 Å². The second kappa shape index (κ2) is 9.40. The fourth-order valence-electron chi connectivity index (χ4n) is 3.09. The molecule has 0 radical (unpaired) electrons. The van der Waals surface area contributed by atoms with E-state index in [-0.39, 0.29) is 0 Å². The number of nitrogens with zero attached hydrogens (tertiary/aromatic N) is 2. The van der Waals surface area contributed by atoms with Crippen LogP contribution in [0.15, 0.2) is 29.3 Å². The van der Waals surface area contributed by atoms with Crippen molar-refractivity contribution in [2.45, 2.75) is 39.2 Å². The van der Waals surface area contributed by atoms with Crippen molar-refractivity contribution in [2.75, 3.05) is 38.7 Å². The lowest BCUT2D eigenvalue weighted by molar-refractivity contribution is 0.415. The molecule has 1 aliphatic rings. The van der Waals surface area contributed by atoms with E-state index in [2.05, 4.69) is 46.5 Å². The molecule has 5 heteroatoms. The third kappa shape index (κ3) is 5.32. The van der Waals surface area contributed by atoms with Crippen LogP contribution in [0.25, 0.3) is 0 Å². The summed E-state index contributed by atoms with van der Waals surface area (Å²) in [5.41, 5.74) is 1.17. The van der Waals surface area contributed by atoms with Gasteiger partial charge in [0.05, 0.1) is 12.8 Å². The third-order valence-electron chi connectivity index (χ3n) is 4.43. The SMILES string of the molecule is CN=C(NCCCC(C)C)NC1CCN(c2ccccc2OC)C1. The zero-order valence-corrected chi connectivity index (χ0v) is 15.5. The molecule has 1 aromatic rings. The number of hydrogen-bond acceptors (Lipinski definition) is 3. The molecule has 1 fully saturated rings. The fourth-order valence-corrected chi connectivity index (χ4v) is 3.09. The molecule has 2 N–H and O–H groups in total. The minimum Gasteiger partial charge on any atom is -0.495 e. The number of hydrogen-bond donors (Lipinski definition) is 2. The van der Waals surface area contributed by atoms with Crippen LogP contribution in [0.4, 0.5) is 5.69 Å². The van der Waals surface area contributed by atoms with Crippen molar-refractivity contribution in [1.82, 2.24) is 10.6 Å². The lowest BCUT2D eigenvalue weighted by Gasteiger charge is -2.22. The van der Waals surface area contributed by atoms with E-state index >= 15 is 0 Å². The Morgan fingerprint density at radius 1 is 1.38 bits per heavy atom. The first-order valence-corrected chi connectivity index (χ1v) is 8.99. The predicted octanol–water partition coefficient (Wildman–Crippen LogP) is 2.88. The summed E-state index contributed by atoms with van der Waals surface area (Å²) in [7, 11) is 3.57. The first kappa shape index (κ1) is 18.4. The van der Waals surface area contributed by atoms with Gasteiger partial charge < -0.3 is 20.3 Å². The van der Waals surface area contributed by atoms with Gasteiger partial charge in [0.2, 0.25) is 0 Å². The van der Waals surface area contributed by atoms with Crippen LogP contribution in [0, 0.1) is 5.92 Å². The second-order valence-electron chi connectivity index (χ2n) is 6.78. The van der Waals surface area contributed by atoms with Gasteiger partial charge in [-0.25, -0.2) is 0 Å². The predicted molar refractivity (Wildman–Crippen MR) is 102 cm³/mol. The highest BCUT2D eigenvalue weighted by Crippen LogP contribution is 2.30. The summed E-state index contributed by atoms with van der Waals surface area (Å²) in [5.74, 6) is 2.60. The average Bonchev–Trinajstić information content (AvgIpc) is 3.05. The third-order valence-corrected chi connectivity index (χ3v) is 4.43. The minimum atomic E-state index is 0.409. The molecule has 1 atom stereocenters. The van der Waals surface area contributed by atoms with Crippen LogP contribution in [0.5, 0.6) is 5.75 Å². The fraction of sp³-hybridized carbons (Fsp3) is 0.632. The smallest absolute Gasteiger partial charge is 0.191 e. The lowest BCUT2D eigenvalue weighted by Crippen LogP contribution is -2.44. The van der Waals surface area contributed by atoms with Crippen molar-refractivity contribution >= 4 is 11.6 Å². The minimum absolute atomic E-state index is 0.409. The molecule has 134 valence electrons. The monoisotopic (exact) mass is 332 g/mol. The quantitative estimate of drug-likeness (QED) is 0.458. The number of ether oxygens (including phenoxy) is 1. The van der Waals surface area contributed by atoms with Gasteiger partial charge in [-0.3, -0.25) is 4.99 Å². The van der Waals surface area contributed by atoms with E-state index in [1.54, 1.807) is 7.11 Å². The van der Waals surface area contributed by atoms with Gasteiger partial charge in [-0.1, -0.05) is 26.0 Å². The summed E-state index contributed by atoms with van der Waals surface area (Å²) in [6, 6.07) is 8.63. The van der Waals surface area contributed by atoms with E-state index in [9.17, 15) is 0 Å². The number of para-hydroxylation sites is 2. The van der Waals surface area contributed by atoms with Gasteiger partial charge >= 0.3 is 0 Å². The van der Waals surface area contributed by atoms with Gasteiger partial charge in [-0.2, -0.15) is 0 Å². The van der Waals surface area contributed by atoms with Crippen molar-refractivity contribution in [1.29, 1.82) is 0 Å². The van der Waals surface area contributed by atoms with Gasteiger partial charge in [0, 0.05) is 32.7 Å². The maximum absolute atomic E-state index is 5.48. The standard InChI is InChI=1S/C19H32N4O/c1-15(2)8-7-12-21-19(20-3)22-16-11-13-23(14-16)17-9-5-6-10-18(17)24-4/h5-6,9-10,15-16H,7-8,11-14H2,1-4H3,(H2,20,21,22). The maximum Gasteiger partial charge on any atom is 0.191 e. The van der Waals surface area contributed by atoms with Gasteiger partial charge in [0.25, 0.3) is 0 Å². The Kier molecular flexibility index (Phi) is 7.22. The van der Waals surface area contributed by atoms with E-state index in [0.717, 1.165) is 43.7 Å². The second-order valence-corrected chi connectivity index (χ2v) is 6.78. The van der Waals surface area contributed by atoms with Gasteiger partial charge in [-0.05, 0) is 37.3 Å². The van der Waals surface area contributed by atoms with Crippen LogP contribution in [0.3, 0.4) is 0 Å². The Hall–Kier alpha value is -1.91. The van der Waals surface area contributed by atoms with Crippen LogP contribution in [0.1, 0.15) is 33.1 Å². The van der Waals surface area contributed by atoms with Crippen LogP contribution >= 0.6 is 0 Å². The number of rotatable bonds is 7. The summed E-state index contributed by atoms with van der Waals surface area (Å²) in [5, 5.41) is 6.97. The molecule has 0 aromatic heterocycles. The first-order chi connectivity index (χ1) is 11.6. The maximum atomic E-state index is 5.48. The van der Waals surface area contributed by atoms with Gasteiger partial charge in [0.15, 0.2) is 5.96 Å². The average molecular weight is 332 g/mol. The molecule has 5 nitrogen and oxygen atoms in total. The zero-order chi connectivity index (χ0) is 17.4. The van der Waals surface area contributed by atoms with Gasteiger partial charge in [-0.15, -0.1) is 0 Å². The molecule has 24 heavy (non-hydrogen) atoms. The van der Waals surface area contributed by atoms with Crippen LogP contribution in [-0.4, -0.2) is 45.8 Å². The molecule has 0 aliphatic carbocycles. The Bertz CT molecular complexity index is 530. The molecule has 1 heterocycles. The number of benzene rings is 1. The molecule has 1 unspecified atom stereocenters. The van der Waals surface area contributed by atoms with E-state index < -0.39 is 0 Å². The largest absolute Gasteiger partial charge is 0.495 e. The summed E-state index contributed by atoms with van der Waals surface area (Å²) in [4.78, 5) is 6.73. The van der Waals surface area contributed by atoms with Gasteiger partial charge in [0.1, 0.15) is 5.75 Å². The molecule has 2 rings (SSSR count). The van der Waals surface area contributed by atoms with E-state index in [1.807, 2.05) is 19.2 Å². The van der Waals surface area contributed by atoms with E-state index in [1.165, 1.54) is 18.5 Å². The van der Waals surface area contributed by atoms with Crippen molar-refractivity contribution in [3.63, 3.8) is 0 Å². The topological polar surface area (TPSA) is 48.9 Å². The molecule has 0 spiro atoms. The highest BCUT2D eigenvalue weighted by atomic mass is 16.5. The highest BCUT2D eigenvalue weighted by molar-refractivity contribution is 5.80. The first-order valence-electron chi connectivity index (χ1n) is 8.99. The normalized spacial score (nSPS) is 18.1. The Balaban J connectivity index is 1.82. The molecule has 0 amide bonds. The Labute approximate surface area is 146 Å². The zero-order valence-electron chi connectivity index (χ0n) is 15.5. The summed E-state index contributed by atoms with van der Waals surface area (Å²) in [6.45, 7) is 7.49. The molecule has 1 saturated heterocycles. The van der Waals surface area contributed by atoms with Crippen LogP contribution in [-0.2, 0) is 0 Å². The highest BCUT2D eigenvalue weighted by Gasteiger charge is 2.25. The van der Waals surface area contributed by atoms with Crippen LogP contribution < -0.4 is 20.3 Å².